The number of carbonyl (C=O) groups is 1. The molecule has 160 valence electrons. The van der Waals surface area contributed by atoms with E-state index >= 15 is 0 Å². The van der Waals surface area contributed by atoms with E-state index in [0.717, 1.165) is 11.4 Å². The minimum Gasteiger partial charge on any atom is -0.324 e. The molecule has 2 heterocycles. The molecule has 0 aliphatic rings. The van der Waals surface area contributed by atoms with Crippen LogP contribution in [0.25, 0.3) is 5.78 Å². The van der Waals surface area contributed by atoms with E-state index in [0.29, 0.717) is 24.7 Å². The summed E-state index contributed by atoms with van der Waals surface area (Å²) in [5.41, 5.74) is 1.87. The molecule has 0 aliphatic carbocycles. The molecule has 3 rings (SSSR count). The minimum absolute atomic E-state index is 0.0621. The van der Waals surface area contributed by atoms with Crippen LogP contribution in [-0.4, -0.2) is 51.3 Å². The molecule has 0 saturated carbocycles. The van der Waals surface area contributed by atoms with Crippen molar-refractivity contribution in [2.45, 2.75) is 39.0 Å². The first-order valence-corrected chi connectivity index (χ1v) is 11.3. The van der Waals surface area contributed by atoms with Gasteiger partial charge >= 0.3 is 0 Å². The van der Waals surface area contributed by atoms with E-state index in [-0.39, 0.29) is 22.0 Å². The van der Waals surface area contributed by atoms with E-state index < -0.39 is 15.9 Å². The number of carbonyl (C=O) groups excluding carboxylic acids is 1. The second kappa shape index (κ2) is 8.66. The van der Waals surface area contributed by atoms with Crippen LogP contribution in [0, 0.1) is 13.8 Å². The van der Waals surface area contributed by atoms with Crippen molar-refractivity contribution in [3.8, 4) is 0 Å². The maximum Gasteiger partial charge on any atom is 0.252 e. The van der Waals surface area contributed by atoms with Gasteiger partial charge in [0.25, 0.3) is 5.78 Å². The Hall–Kier alpha value is -2.56. The minimum atomic E-state index is -3.67. The highest BCUT2D eigenvalue weighted by molar-refractivity contribution is 7.89. The Morgan fingerprint density at radius 2 is 1.87 bits per heavy atom. The van der Waals surface area contributed by atoms with Crippen LogP contribution >= 0.6 is 11.6 Å². The van der Waals surface area contributed by atoms with E-state index in [1.54, 1.807) is 18.4 Å². The van der Waals surface area contributed by atoms with Gasteiger partial charge in [0, 0.05) is 24.5 Å². The molecule has 30 heavy (non-hydrogen) atoms. The summed E-state index contributed by atoms with van der Waals surface area (Å²) in [5, 5.41) is 7.19. The normalized spacial score (nSPS) is 11.9. The second-order valence-electron chi connectivity index (χ2n) is 6.73. The lowest BCUT2D eigenvalue weighted by Gasteiger charge is -2.19. The molecule has 1 aromatic carbocycles. The van der Waals surface area contributed by atoms with Crippen molar-refractivity contribution in [2.24, 2.45) is 0 Å². The van der Waals surface area contributed by atoms with Crippen molar-refractivity contribution in [3.05, 3.63) is 46.5 Å². The maximum atomic E-state index is 12.7. The largest absolute Gasteiger partial charge is 0.324 e. The molecule has 1 N–H and O–H groups in total. The lowest BCUT2D eigenvalue weighted by Crippen LogP contribution is -2.30. The molecule has 9 nitrogen and oxygen atoms in total. The Morgan fingerprint density at radius 3 is 2.53 bits per heavy atom. The summed E-state index contributed by atoms with van der Waals surface area (Å²) in [4.78, 5) is 21.2. The van der Waals surface area contributed by atoms with Crippen molar-refractivity contribution < 1.29 is 13.2 Å². The third kappa shape index (κ3) is 4.45. The predicted octanol–water partition coefficient (Wildman–Crippen LogP) is 2.61. The SMILES string of the molecule is CCN(CC)S(=O)(=O)c1ccc(Cl)c(NC(=O)Cc2nc3nc(C)cc(C)n3n2)c1. The quantitative estimate of drug-likeness (QED) is 0.592. The number of aromatic nitrogens is 4. The molecule has 3 aromatic rings. The topological polar surface area (TPSA) is 110 Å². The summed E-state index contributed by atoms with van der Waals surface area (Å²) in [6.07, 6.45) is -0.106. The lowest BCUT2D eigenvalue weighted by atomic mass is 10.3. The molecule has 0 aliphatic heterocycles. The molecule has 11 heteroatoms. The van der Waals surface area contributed by atoms with Gasteiger partial charge in [-0.05, 0) is 38.1 Å². The lowest BCUT2D eigenvalue weighted by molar-refractivity contribution is -0.115. The van der Waals surface area contributed by atoms with Crippen molar-refractivity contribution >= 4 is 39.0 Å². The van der Waals surface area contributed by atoms with Gasteiger partial charge in [0.05, 0.1) is 22.0 Å². The van der Waals surface area contributed by atoms with Crippen LogP contribution in [0.15, 0.2) is 29.2 Å². The van der Waals surface area contributed by atoms with Crippen LogP contribution in [-0.2, 0) is 21.2 Å². The summed E-state index contributed by atoms with van der Waals surface area (Å²) < 4.78 is 28.4. The number of rotatable bonds is 7. The number of hydrogen-bond donors (Lipinski definition) is 1. The summed E-state index contributed by atoms with van der Waals surface area (Å²) in [5.74, 6) is 0.303. The molecule has 0 radical (unpaired) electrons. The maximum absolute atomic E-state index is 12.7. The van der Waals surface area contributed by atoms with Gasteiger partial charge in [-0.3, -0.25) is 4.79 Å². The van der Waals surface area contributed by atoms with Gasteiger partial charge in [-0.25, -0.2) is 17.9 Å². The molecular formula is C19H23ClN6O3S. The fraction of sp³-hybridized carbons (Fsp3) is 0.368. The molecule has 0 bridgehead atoms. The molecule has 0 atom stereocenters. The van der Waals surface area contributed by atoms with Crippen LogP contribution in [0.2, 0.25) is 5.02 Å². The van der Waals surface area contributed by atoms with Crippen molar-refractivity contribution in [3.63, 3.8) is 0 Å². The number of anilines is 1. The Kier molecular flexibility index (Phi) is 6.39. The first-order chi connectivity index (χ1) is 14.1. The molecule has 0 saturated heterocycles. The molecule has 0 spiro atoms. The predicted molar refractivity (Wildman–Crippen MR) is 114 cm³/mol. The number of nitrogens with one attached hydrogen (secondary N) is 1. The zero-order valence-corrected chi connectivity index (χ0v) is 18.8. The molecular weight excluding hydrogens is 428 g/mol. The van der Waals surface area contributed by atoms with E-state index in [4.69, 9.17) is 11.6 Å². The third-order valence-electron chi connectivity index (χ3n) is 4.54. The number of sulfonamides is 1. The average Bonchev–Trinajstić information content (AvgIpc) is 3.06. The molecule has 0 fully saturated rings. The van der Waals surface area contributed by atoms with Gasteiger partial charge in [-0.15, -0.1) is 5.10 Å². The van der Waals surface area contributed by atoms with Gasteiger partial charge in [-0.2, -0.15) is 9.29 Å². The molecule has 2 aromatic heterocycles. The van der Waals surface area contributed by atoms with Crippen molar-refractivity contribution in [2.75, 3.05) is 18.4 Å². The summed E-state index contributed by atoms with van der Waals surface area (Å²) in [7, 11) is -3.67. The number of amides is 1. The van der Waals surface area contributed by atoms with Crippen LogP contribution in [0.5, 0.6) is 0 Å². The van der Waals surface area contributed by atoms with Gasteiger partial charge in [-0.1, -0.05) is 25.4 Å². The summed E-state index contributed by atoms with van der Waals surface area (Å²) in [6.45, 7) is 7.95. The number of halogens is 1. The Bertz CT molecular complexity index is 1200. The Morgan fingerprint density at radius 1 is 1.17 bits per heavy atom. The van der Waals surface area contributed by atoms with E-state index in [1.165, 1.54) is 22.5 Å². The van der Waals surface area contributed by atoms with Gasteiger partial charge < -0.3 is 5.32 Å². The van der Waals surface area contributed by atoms with E-state index in [9.17, 15) is 13.2 Å². The first kappa shape index (κ1) is 22.1. The highest BCUT2D eigenvalue weighted by Crippen LogP contribution is 2.27. The molecule has 0 unspecified atom stereocenters. The van der Waals surface area contributed by atoms with Crippen molar-refractivity contribution in [1.82, 2.24) is 23.9 Å². The van der Waals surface area contributed by atoms with Crippen LogP contribution in [0.1, 0.15) is 31.1 Å². The Balaban J connectivity index is 1.82. The van der Waals surface area contributed by atoms with Gasteiger partial charge in [0.1, 0.15) is 0 Å². The number of hydrogen-bond acceptors (Lipinski definition) is 6. The molecule has 1 amide bonds. The third-order valence-corrected chi connectivity index (χ3v) is 6.91. The zero-order valence-electron chi connectivity index (χ0n) is 17.2. The highest BCUT2D eigenvalue weighted by atomic mass is 35.5. The number of benzene rings is 1. The zero-order chi connectivity index (χ0) is 22.1. The summed E-state index contributed by atoms with van der Waals surface area (Å²) in [6, 6.07) is 6.10. The standard InChI is InChI=1S/C19H23ClN6O3S/c1-5-25(6-2)30(28,29)14-7-8-15(20)16(10-14)22-18(27)11-17-23-19-21-12(3)9-13(4)26(19)24-17/h7-10H,5-6,11H2,1-4H3,(H,22,27). The number of aryl methyl sites for hydroxylation is 2. The van der Waals surface area contributed by atoms with Gasteiger partial charge in [0.15, 0.2) is 5.82 Å². The number of nitrogens with zero attached hydrogens (tertiary/aromatic N) is 5. The fourth-order valence-electron chi connectivity index (χ4n) is 3.09. The highest BCUT2D eigenvalue weighted by Gasteiger charge is 2.23. The smallest absolute Gasteiger partial charge is 0.252 e. The van der Waals surface area contributed by atoms with Crippen LogP contribution in [0.4, 0.5) is 5.69 Å². The van der Waals surface area contributed by atoms with Gasteiger partial charge in [0.2, 0.25) is 15.9 Å². The monoisotopic (exact) mass is 450 g/mol. The van der Waals surface area contributed by atoms with E-state index in [2.05, 4.69) is 20.4 Å². The summed E-state index contributed by atoms with van der Waals surface area (Å²) >= 11 is 6.17. The fourth-order valence-corrected chi connectivity index (χ4v) is 4.74. The van der Waals surface area contributed by atoms with Crippen molar-refractivity contribution in [1.29, 1.82) is 0 Å². The second-order valence-corrected chi connectivity index (χ2v) is 9.08. The first-order valence-electron chi connectivity index (χ1n) is 9.45. The number of fused-ring (bicyclic) bond motifs is 1. The van der Waals surface area contributed by atoms with Crippen LogP contribution < -0.4 is 5.32 Å². The van der Waals surface area contributed by atoms with E-state index in [1.807, 2.05) is 19.9 Å². The Labute approximate surface area is 180 Å². The van der Waals surface area contributed by atoms with Crippen LogP contribution in [0.3, 0.4) is 0 Å². The average molecular weight is 451 g/mol.